The molecule has 0 amide bonds. The lowest BCUT2D eigenvalue weighted by Gasteiger charge is -2.22. The summed E-state index contributed by atoms with van der Waals surface area (Å²) in [6.45, 7) is 3.47. The largest absolute Gasteiger partial charge is 0.462 e. The van der Waals surface area contributed by atoms with E-state index in [-0.39, 0.29) is 6.61 Å². The van der Waals surface area contributed by atoms with Crippen molar-refractivity contribution in [3.05, 3.63) is 42.0 Å². The summed E-state index contributed by atoms with van der Waals surface area (Å²) in [7, 11) is 0. The second-order valence-corrected chi connectivity index (χ2v) is 4.53. The van der Waals surface area contributed by atoms with Crippen molar-refractivity contribution in [1.82, 2.24) is 0 Å². The van der Waals surface area contributed by atoms with Gasteiger partial charge in [-0.2, -0.15) is 5.26 Å². The van der Waals surface area contributed by atoms with Gasteiger partial charge in [-0.3, -0.25) is 0 Å². The lowest BCUT2D eigenvalue weighted by atomic mass is 9.95. The number of nitrogens with zero attached hydrogens (tertiary/aromatic N) is 2. The molecule has 0 N–H and O–H groups in total. The van der Waals surface area contributed by atoms with Gasteiger partial charge >= 0.3 is 11.6 Å². The van der Waals surface area contributed by atoms with Gasteiger partial charge in [0.1, 0.15) is 12.1 Å². The lowest BCUT2D eigenvalue weighted by Crippen LogP contribution is -2.47. The first-order valence-corrected chi connectivity index (χ1v) is 6.67. The average molecular weight is 284 g/mol. The van der Waals surface area contributed by atoms with Crippen LogP contribution in [0.4, 0.5) is 0 Å². The maximum atomic E-state index is 12.1. The summed E-state index contributed by atoms with van der Waals surface area (Å²) in [5.41, 5.74) is -0.779. The zero-order valence-corrected chi connectivity index (χ0v) is 11.9. The van der Waals surface area contributed by atoms with Gasteiger partial charge in [-0.25, -0.2) is 9.79 Å². The van der Waals surface area contributed by atoms with E-state index in [1.54, 1.807) is 26.0 Å². The molecule has 0 saturated heterocycles. The van der Waals surface area contributed by atoms with Crippen molar-refractivity contribution < 1.29 is 14.3 Å². The molecular weight excluding hydrogens is 268 g/mol. The average Bonchev–Trinajstić information content (AvgIpc) is 2.83. The Balaban J connectivity index is 2.28. The fourth-order valence-electron chi connectivity index (χ4n) is 2.09. The van der Waals surface area contributed by atoms with E-state index in [0.717, 1.165) is 5.56 Å². The van der Waals surface area contributed by atoms with Crippen LogP contribution in [0.3, 0.4) is 0 Å². The van der Waals surface area contributed by atoms with E-state index in [4.69, 9.17) is 9.47 Å². The van der Waals surface area contributed by atoms with Crippen LogP contribution >= 0.6 is 0 Å². The number of carbonyl (C=O) groups excluding carboxylic acids is 1. The van der Waals surface area contributed by atoms with E-state index >= 15 is 0 Å². The van der Waals surface area contributed by atoms with E-state index in [2.05, 4.69) is 4.99 Å². The van der Waals surface area contributed by atoms with Crippen LogP contribution in [0.2, 0.25) is 0 Å². The van der Waals surface area contributed by atoms with Crippen LogP contribution in [0.1, 0.15) is 19.4 Å². The number of esters is 1. The van der Waals surface area contributed by atoms with Gasteiger partial charge in [0.05, 0.1) is 6.61 Å². The van der Waals surface area contributed by atoms with Crippen molar-refractivity contribution in [3.63, 3.8) is 0 Å². The van der Waals surface area contributed by atoms with Crippen molar-refractivity contribution in [2.45, 2.75) is 25.5 Å². The number of hydrogen-bond acceptors (Lipinski definition) is 5. The predicted molar refractivity (Wildman–Crippen MR) is 78.4 cm³/mol. The monoisotopic (exact) mass is 284 g/mol. The number of benzene rings is 1. The van der Waals surface area contributed by atoms with Crippen molar-refractivity contribution in [1.29, 1.82) is 5.26 Å². The molecule has 108 valence electrons. The van der Waals surface area contributed by atoms with Gasteiger partial charge in [-0.05, 0) is 12.5 Å². The zero-order chi connectivity index (χ0) is 15.3. The number of aliphatic imine (C=N–C) groups is 1. The highest BCUT2D eigenvalue weighted by Crippen LogP contribution is 2.29. The third-order valence-electron chi connectivity index (χ3n) is 3.06. The van der Waals surface area contributed by atoms with Gasteiger partial charge < -0.3 is 9.47 Å². The van der Waals surface area contributed by atoms with Crippen LogP contribution in [0.15, 0.2) is 41.4 Å². The minimum absolute atomic E-state index is 0.180. The molecule has 5 heteroatoms. The minimum Gasteiger partial charge on any atom is -0.462 e. The van der Waals surface area contributed by atoms with Crippen LogP contribution in [-0.2, 0) is 14.3 Å². The molecule has 0 radical (unpaired) electrons. The summed E-state index contributed by atoms with van der Waals surface area (Å²) in [5.74, 6) is -0.414. The van der Waals surface area contributed by atoms with E-state index in [0.29, 0.717) is 5.90 Å². The second-order valence-electron chi connectivity index (χ2n) is 4.53. The van der Waals surface area contributed by atoms with Crippen molar-refractivity contribution in [2.24, 2.45) is 4.99 Å². The van der Waals surface area contributed by atoms with E-state index < -0.39 is 17.6 Å². The Labute approximate surface area is 123 Å². The van der Waals surface area contributed by atoms with Crippen LogP contribution in [0.25, 0.3) is 6.08 Å². The van der Waals surface area contributed by atoms with Crippen LogP contribution in [-0.4, -0.2) is 30.1 Å². The summed E-state index contributed by atoms with van der Waals surface area (Å²) in [6.07, 6.45) is 3.49. The molecule has 1 aliphatic heterocycles. The minimum atomic E-state index is -1.73. The molecule has 5 nitrogen and oxygen atoms in total. The summed E-state index contributed by atoms with van der Waals surface area (Å²) >= 11 is 0. The van der Waals surface area contributed by atoms with E-state index in [9.17, 15) is 10.1 Å². The van der Waals surface area contributed by atoms with Gasteiger partial charge in [0.15, 0.2) is 5.90 Å². The summed E-state index contributed by atoms with van der Waals surface area (Å²) in [4.78, 5) is 16.3. The molecule has 0 fully saturated rings. The Hall–Kier alpha value is -2.61. The molecule has 0 aromatic heterocycles. The fraction of sp³-hybridized carbons (Fsp3) is 0.312. The SMILES string of the molecule is CCOC(=O)C1(C#N)OC(C)=NC1/C=C/c1ccccc1. The molecule has 1 aliphatic rings. The first kappa shape index (κ1) is 14.8. The Morgan fingerprint density at radius 1 is 1.52 bits per heavy atom. The lowest BCUT2D eigenvalue weighted by molar-refractivity contribution is -0.157. The maximum Gasteiger partial charge on any atom is 0.368 e. The quantitative estimate of drug-likeness (QED) is 0.796. The standard InChI is InChI=1S/C16H16N2O3/c1-3-20-15(19)16(11-17)14(18-12(2)21-16)10-9-13-7-5-4-6-8-13/h4-10,14H,3H2,1-2H3/b10-9+. The Kier molecular flexibility index (Phi) is 4.39. The third kappa shape index (κ3) is 2.95. The van der Waals surface area contributed by atoms with E-state index in [1.807, 2.05) is 36.4 Å². The second kappa shape index (κ2) is 6.23. The molecular formula is C16H16N2O3. The number of hydrogen-bond donors (Lipinski definition) is 0. The summed E-state index contributed by atoms with van der Waals surface area (Å²) in [6, 6.07) is 10.8. The summed E-state index contributed by atoms with van der Waals surface area (Å²) < 4.78 is 10.3. The van der Waals surface area contributed by atoms with Crippen molar-refractivity contribution in [2.75, 3.05) is 6.61 Å². The molecule has 2 unspecified atom stereocenters. The topological polar surface area (TPSA) is 71.7 Å². The molecule has 2 atom stereocenters. The smallest absolute Gasteiger partial charge is 0.368 e. The predicted octanol–water partition coefficient (Wildman–Crippen LogP) is 2.34. The molecule has 1 heterocycles. The molecule has 0 saturated carbocycles. The maximum absolute atomic E-state index is 12.1. The number of carbonyl (C=O) groups is 1. The van der Waals surface area contributed by atoms with Gasteiger partial charge in [0.25, 0.3) is 0 Å². The normalized spacial score (nSPS) is 24.2. The Morgan fingerprint density at radius 2 is 2.24 bits per heavy atom. The summed E-state index contributed by atoms with van der Waals surface area (Å²) in [5, 5.41) is 9.42. The molecule has 1 aromatic carbocycles. The molecule has 0 aliphatic carbocycles. The van der Waals surface area contributed by atoms with Gasteiger partial charge in [0, 0.05) is 6.92 Å². The van der Waals surface area contributed by atoms with Crippen molar-refractivity contribution in [3.8, 4) is 6.07 Å². The van der Waals surface area contributed by atoms with Crippen LogP contribution < -0.4 is 0 Å². The number of ether oxygens (including phenoxy) is 2. The molecule has 2 rings (SSSR count). The zero-order valence-electron chi connectivity index (χ0n) is 11.9. The first-order chi connectivity index (χ1) is 10.1. The van der Waals surface area contributed by atoms with E-state index in [1.165, 1.54) is 0 Å². The Morgan fingerprint density at radius 3 is 2.86 bits per heavy atom. The van der Waals surface area contributed by atoms with Crippen LogP contribution in [0.5, 0.6) is 0 Å². The van der Waals surface area contributed by atoms with Crippen molar-refractivity contribution >= 4 is 17.9 Å². The molecule has 21 heavy (non-hydrogen) atoms. The van der Waals surface area contributed by atoms with Gasteiger partial charge in [0.2, 0.25) is 0 Å². The third-order valence-corrected chi connectivity index (χ3v) is 3.06. The number of rotatable bonds is 4. The van der Waals surface area contributed by atoms with Gasteiger partial charge in [-0.1, -0.05) is 42.5 Å². The first-order valence-electron chi connectivity index (χ1n) is 6.67. The highest BCUT2D eigenvalue weighted by atomic mass is 16.6. The number of nitriles is 1. The Bertz CT molecular complexity index is 616. The van der Waals surface area contributed by atoms with Crippen LogP contribution in [0, 0.1) is 11.3 Å². The fourth-order valence-corrected chi connectivity index (χ4v) is 2.09. The highest BCUT2D eigenvalue weighted by Gasteiger charge is 2.53. The molecule has 1 aromatic rings. The highest BCUT2D eigenvalue weighted by molar-refractivity contribution is 5.92. The molecule has 0 bridgehead atoms. The molecule has 0 spiro atoms. The van der Waals surface area contributed by atoms with Gasteiger partial charge in [-0.15, -0.1) is 0 Å².